The number of aryl methyl sites for hydroxylation is 1. The third kappa shape index (κ3) is 5.96. The monoisotopic (exact) mass is 715 g/mol. The summed E-state index contributed by atoms with van der Waals surface area (Å²) in [7, 11) is 0. The van der Waals surface area contributed by atoms with E-state index >= 15 is 0 Å². The molecule has 3 nitrogen and oxygen atoms in total. The fourth-order valence-electron chi connectivity index (χ4n) is 8.19. The van der Waals surface area contributed by atoms with Gasteiger partial charge in [0.2, 0.25) is 0 Å². The second kappa shape index (κ2) is 14.1. The van der Waals surface area contributed by atoms with E-state index in [4.69, 9.17) is 4.98 Å². The van der Waals surface area contributed by atoms with Crippen molar-refractivity contribution in [3.63, 3.8) is 0 Å². The van der Waals surface area contributed by atoms with Gasteiger partial charge in [0.25, 0.3) is 0 Å². The third-order valence-electron chi connectivity index (χ3n) is 10.9. The zero-order valence-electron chi connectivity index (χ0n) is 31.0. The van der Waals surface area contributed by atoms with E-state index in [-0.39, 0.29) is 0 Å². The van der Waals surface area contributed by atoms with Gasteiger partial charge >= 0.3 is 0 Å². The molecule has 0 unspecified atom stereocenters. The topological polar surface area (TPSA) is 29.0 Å². The quantitative estimate of drug-likeness (QED) is 0.172. The standard InChI is InChI=1S/C53H37N3/c1-36-35-55-53(39-16-14-20-42(32-39)56(40-17-3-2-4-18-40)41-19-13-15-38(31-41)52-27-11-12-30-54-52)34-50(36)37-28-29-49-47-25-8-7-23-45(47)43-21-5-6-22-44(43)46-24-9-10-26-48(46)51(49)33-37/h2-35H,1H3. The van der Waals surface area contributed by atoms with Gasteiger partial charge in [-0.05, 0) is 129 Å². The number of benzene rings is 7. The van der Waals surface area contributed by atoms with Crippen LogP contribution in [0.1, 0.15) is 5.56 Å². The maximum atomic E-state index is 5.01. The minimum atomic E-state index is 0.925. The van der Waals surface area contributed by atoms with Gasteiger partial charge in [-0.1, -0.05) is 133 Å². The van der Waals surface area contributed by atoms with Crippen LogP contribution >= 0.6 is 0 Å². The largest absolute Gasteiger partial charge is 0.310 e. The number of anilines is 3. The average Bonchev–Trinajstić information content (AvgIpc) is 3.27. The third-order valence-corrected chi connectivity index (χ3v) is 10.9. The lowest BCUT2D eigenvalue weighted by Crippen LogP contribution is -2.10. The molecule has 10 rings (SSSR count). The molecule has 0 bridgehead atoms. The molecule has 0 aliphatic heterocycles. The Morgan fingerprint density at radius 2 is 0.821 bits per heavy atom. The molecule has 7 aromatic carbocycles. The first-order chi connectivity index (χ1) is 27.7. The molecule has 2 heterocycles. The molecule has 2 aromatic heterocycles. The molecule has 1 aliphatic carbocycles. The molecular weight excluding hydrogens is 679 g/mol. The number of hydrogen-bond acceptors (Lipinski definition) is 3. The Morgan fingerprint density at radius 3 is 1.39 bits per heavy atom. The highest BCUT2D eigenvalue weighted by Gasteiger charge is 2.22. The van der Waals surface area contributed by atoms with Crippen LogP contribution in [-0.2, 0) is 0 Å². The van der Waals surface area contributed by atoms with Crippen molar-refractivity contribution < 1.29 is 0 Å². The maximum Gasteiger partial charge on any atom is 0.0709 e. The van der Waals surface area contributed by atoms with Crippen molar-refractivity contribution in [3.05, 3.63) is 212 Å². The summed E-state index contributed by atoms with van der Waals surface area (Å²) < 4.78 is 0. The lowest BCUT2D eigenvalue weighted by molar-refractivity contribution is 1.25. The number of fused-ring (bicyclic) bond motifs is 8. The van der Waals surface area contributed by atoms with Crippen LogP contribution in [0, 0.1) is 6.92 Å². The van der Waals surface area contributed by atoms with Gasteiger partial charge in [-0.25, -0.2) is 0 Å². The number of aromatic nitrogens is 2. The number of pyridine rings is 2. The van der Waals surface area contributed by atoms with Gasteiger partial charge in [0.15, 0.2) is 0 Å². The molecule has 0 N–H and O–H groups in total. The van der Waals surface area contributed by atoms with Gasteiger partial charge in [-0.3, -0.25) is 9.97 Å². The Morgan fingerprint density at radius 1 is 0.321 bits per heavy atom. The fourth-order valence-corrected chi connectivity index (χ4v) is 8.19. The first-order valence-electron chi connectivity index (χ1n) is 19.1. The lowest BCUT2D eigenvalue weighted by Gasteiger charge is -2.26. The van der Waals surface area contributed by atoms with Crippen molar-refractivity contribution in [1.29, 1.82) is 0 Å². The molecule has 3 heteroatoms. The summed E-state index contributed by atoms with van der Waals surface area (Å²) in [6, 6.07) is 69.5. The summed E-state index contributed by atoms with van der Waals surface area (Å²) in [5.41, 5.74) is 20.6. The van der Waals surface area contributed by atoms with Crippen LogP contribution in [0.3, 0.4) is 0 Å². The molecule has 0 spiro atoms. The minimum absolute atomic E-state index is 0.925. The second-order valence-electron chi connectivity index (χ2n) is 14.3. The highest BCUT2D eigenvalue weighted by molar-refractivity contribution is 6.04. The van der Waals surface area contributed by atoms with E-state index in [9.17, 15) is 0 Å². The first kappa shape index (κ1) is 33.2. The fraction of sp³-hybridized carbons (Fsp3) is 0.0189. The van der Waals surface area contributed by atoms with Gasteiger partial charge in [0, 0.05) is 40.6 Å². The van der Waals surface area contributed by atoms with Crippen molar-refractivity contribution in [1.82, 2.24) is 9.97 Å². The van der Waals surface area contributed by atoms with E-state index in [2.05, 4.69) is 199 Å². The normalized spacial score (nSPS) is 11.3. The SMILES string of the molecule is Cc1cnc(-c2cccc(N(c3ccccc3)c3cccc(-c4ccccn4)c3)c2)cc1-c1ccc2c(c1)-c1ccccc1-c1ccccc1-c1ccccc1-2. The summed E-state index contributed by atoms with van der Waals surface area (Å²) in [4.78, 5) is 11.9. The number of rotatable bonds is 6. The first-order valence-corrected chi connectivity index (χ1v) is 19.1. The van der Waals surface area contributed by atoms with E-state index in [1.807, 2.05) is 24.5 Å². The van der Waals surface area contributed by atoms with Crippen molar-refractivity contribution in [3.8, 4) is 78.1 Å². The predicted molar refractivity (Wildman–Crippen MR) is 233 cm³/mol. The van der Waals surface area contributed by atoms with E-state index in [1.165, 1.54) is 55.6 Å². The van der Waals surface area contributed by atoms with Gasteiger partial charge in [0.05, 0.1) is 11.4 Å². The highest BCUT2D eigenvalue weighted by atomic mass is 15.1. The van der Waals surface area contributed by atoms with Gasteiger partial charge in [-0.2, -0.15) is 0 Å². The number of para-hydroxylation sites is 1. The summed E-state index contributed by atoms with van der Waals surface area (Å²) in [5.74, 6) is 0. The Labute approximate surface area is 327 Å². The van der Waals surface area contributed by atoms with Gasteiger partial charge in [0.1, 0.15) is 0 Å². The van der Waals surface area contributed by atoms with Crippen LogP contribution in [0.15, 0.2) is 207 Å². The van der Waals surface area contributed by atoms with Gasteiger partial charge in [-0.15, -0.1) is 0 Å². The van der Waals surface area contributed by atoms with E-state index < -0.39 is 0 Å². The molecule has 264 valence electrons. The molecule has 56 heavy (non-hydrogen) atoms. The molecule has 0 fully saturated rings. The van der Waals surface area contributed by atoms with Crippen molar-refractivity contribution in [2.45, 2.75) is 6.92 Å². The summed E-state index contributed by atoms with van der Waals surface area (Å²) >= 11 is 0. The minimum Gasteiger partial charge on any atom is -0.310 e. The van der Waals surface area contributed by atoms with Gasteiger partial charge < -0.3 is 4.90 Å². The summed E-state index contributed by atoms with van der Waals surface area (Å²) in [6.07, 6.45) is 3.85. The van der Waals surface area contributed by atoms with E-state index in [0.29, 0.717) is 0 Å². The second-order valence-corrected chi connectivity index (χ2v) is 14.3. The molecule has 0 saturated carbocycles. The Balaban J connectivity index is 1.08. The van der Waals surface area contributed by atoms with Crippen LogP contribution in [0.5, 0.6) is 0 Å². The average molecular weight is 716 g/mol. The number of nitrogens with zero attached hydrogens (tertiary/aromatic N) is 3. The Bertz CT molecular complexity index is 2870. The summed E-state index contributed by atoms with van der Waals surface area (Å²) in [5, 5.41) is 0. The van der Waals surface area contributed by atoms with Crippen LogP contribution in [0.2, 0.25) is 0 Å². The molecule has 0 radical (unpaired) electrons. The summed E-state index contributed by atoms with van der Waals surface area (Å²) in [6.45, 7) is 2.16. The Kier molecular flexibility index (Phi) is 8.38. The van der Waals surface area contributed by atoms with Crippen LogP contribution in [0.4, 0.5) is 17.1 Å². The molecular formula is C53H37N3. The van der Waals surface area contributed by atoms with Crippen LogP contribution in [-0.4, -0.2) is 9.97 Å². The zero-order valence-corrected chi connectivity index (χ0v) is 31.0. The van der Waals surface area contributed by atoms with Crippen LogP contribution in [0.25, 0.3) is 78.1 Å². The molecule has 0 atom stereocenters. The maximum absolute atomic E-state index is 5.01. The number of hydrogen-bond donors (Lipinski definition) is 0. The van der Waals surface area contributed by atoms with Crippen LogP contribution < -0.4 is 4.90 Å². The highest BCUT2D eigenvalue weighted by Crippen LogP contribution is 2.48. The van der Waals surface area contributed by atoms with E-state index in [1.54, 1.807) is 0 Å². The molecule has 0 saturated heterocycles. The van der Waals surface area contributed by atoms with Crippen molar-refractivity contribution in [2.24, 2.45) is 0 Å². The predicted octanol–water partition coefficient (Wildman–Crippen LogP) is 14.2. The smallest absolute Gasteiger partial charge is 0.0709 e. The molecule has 9 aromatic rings. The Hall–Kier alpha value is -7.36. The molecule has 1 aliphatic rings. The van der Waals surface area contributed by atoms with Crippen molar-refractivity contribution >= 4 is 17.1 Å². The van der Waals surface area contributed by atoms with E-state index in [0.717, 1.165) is 45.1 Å². The van der Waals surface area contributed by atoms with Crippen molar-refractivity contribution in [2.75, 3.05) is 4.90 Å². The lowest BCUT2D eigenvalue weighted by atomic mass is 9.80. The molecule has 0 amide bonds. The zero-order chi connectivity index (χ0) is 37.4.